The fourth-order valence-corrected chi connectivity index (χ4v) is 3.36. The monoisotopic (exact) mass is 315 g/mol. The molecule has 1 heterocycles. The largest absolute Gasteiger partial charge is 0.373 e. The maximum absolute atomic E-state index is 5.82. The highest BCUT2D eigenvalue weighted by atomic mass is 16.5. The minimum absolute atomic E-state index is 0.0749. The van der Waals surface area contributed by atoms with Gasteiger partial charge < -0.3 is 15.4 Å². The molecule has 23 heavy (non-hydrogen) atoms. The number of rotatable bonds is 6. The Labute approximate surface area is 139 Å². The van der Waals surface area contributed by atoms with E-state index in [0.717, 1.165) is 51.0 Å². The molecule has 3 rings (SSSR count). The van der Waals surface area contributed by atoms with E-state index in [1.807, 2.05) is 0 Å². The zero-order valence-corrected chi connectivity index (χ0v) is 14.3. The van der Waals surface area contributed by atoms with Crippen molar-refractivity contribution in [2.45, 2.75) is 44.6 Å². The topological polar surface area (TPSA) is 45.7 Å². The Kier molecular flexibility index (Phi) is 5.21. The maximum Gasteiger partial charge on any atom is 0.191 e. The fraction of sp³-hybridized carbons (Fsp3) is 0.632. The highest BCUT2D eigenvalue weighted by Gasteiger charge is 2.38. The van der Waals surface area contributed by atoms with Crippen LogP contribution in [0.3, 0.4) is 0 Å². The first-order valence-electron chi connectivity index (χ1n) is 8.91. The Hall–Kier alpha value is -1.55. The zero-order valence-electron chi connectivity index (χ0n) is 14.3. The number of hydrogen-bond donors (Lipinski definition) is 2. The molecule has 1 aliphatic carbocycles. The molecule has 3 atom stereocenters. The van der Waals surface area contributed by atoms with Gasteiger partial charge in [0.25, 0.3) is 0 Å². The van der Waals surface area contributed by atoms with Crippen LogP contribution in [0.15, 0.2) is 35.3 Å². The van der Waals surface area contributed by atoms with E-state index in [4.69, 9.17) is 9.73 Å². The van der Waals surface area contributed by atoms with Crippen LogP contribution in [0.2, 0.25) is 0 Å². The van der Waals surface area contributed by atoms with Gasteiger partial charge in [-0.05, 0) is 50.5 Å². The molecule has 0 amide bonds. The molecule has 1 saturated carbocycles. The quantitative estimate of drug-likeness (QED) is 0.627. The Morgan fingerprint density at radius 3 is 2.83 bits per heavy atom. The van der Waals surface area contributed by atoms with Gasteiger partial charge in [-0.25, -0.2) is 0 Å². The van der Waals surface area contributed by atoms with Crippen LogP contribution in [0, 0.1) is 5.92 Å². The predicted molar refractivity (Wildman–Crippen MR) is 94.9 cm³/mol. The second-order valence-electron chi connectivity index (χ2n) is 6.99. The molecule has 2 N–H and O–H groups in total. The normalized spacial score (nSPS) is 30.3. The first kappa shape index (κ1) is 16.3. The van der Waals surface area contributed by atoms with Gasteiger partial charge in [0.1, 0.15) is 0 Å². The van der Waals surface area contributed by atoms with E-state index in [1.165, 1.54) is 12.0 Å². The van der Waals surface area contributed by atoms with Gasteiger partial charge in [-0.1, -0.05) is 30.3 Å². The molecule has 1 aromatic rings. The Bertz CT molecular complexity index is 523. The fourth-order valence-electron chi connectivity index (χ4n) is 3.36. The number of nitrogens with one attached hydrogen (secondary N) is 2. The molecule has 1 aliphatic heterocycles. The smallest absolute Gasteiger partial charge is 0.191 e. The van der Waals surface area contributed by atoms with E-state index < -0.39 is 0 Å². The minimum atomic E-state index is -0.0749. The van der Waals surface area contributed by atoms with Crippen LogP contribution in [0.4, 0.5) is 0 Å². The van der Waals surface area contributed by atoms with Crippen LogP contribution in [0.1, 0.15) is 44.6 Å². The molecule has 0 aromatic heterocycles. The van der Waals surface area contributed by atoms with E-state index in [9.17, 15) is 0 Å². The zero-order chi connectivity index (χ0) is 16.1. The molecule has 3 unspecified atom stereocenters. The molecular formula is C19H29N3O. The third kappa shape index (κ3) is 4.47. The molecule has 2 aliphatic rings. The van der Waals surface area contributed by atoms with Crippen LogP contribution >= 0.6 is 0 Å². The lowest BCUT2D eigenvalue weighted by molar-refractivity contribution is 0.0283. The van der Waals surface area contributed by atoms with Crippen LogP contribution in [-0.2, 0) is 4.74 Å². The van der Waals surface area contributed by atoms with Gasteiger partial charge in [-0.3, -0.25) is 4.99 Å². The molecule has 0 spiro atoms. The first-order valence-corrected chi connectivity index (χ1v) is 8.91. The van der Waals surface area contributed by atoms with Crippen LogP contribution in [-0.4, -0.2) is 37.8 Å². The molecule has 2 fully saturated rings. The molecule has 1 saturated heterocycles. The van der Waals surface area contributed by atoms with Crippen molar-refractivity contribution in [1.29, 1.82) is 0 Å². The van der Waals surface area contributed by atoms with Gasteiger partial charge in [-0.15, -0.1) is 0 Å². The number of aliphatic imine (C=N–C) groups is 1. The van der Waals surface area contributed by atoms with Gasteiger partial charge in [0, 0.05) is 19.7 Å². The number of guanidine groups is 1. The summed E-state index contributed by atoms with van der Waals surface area (Å²) in [5.41, 5.74) is 1.39. The van der Waals surface area contributed by atoms with Crippen molar-refractivity contribution in [3.8, 4) is 0 Å². The second-order valence-corrected chi connectivity index (χ2v) is 6.99. The molecule has 4 nitrogen and oxygen atoms in total. The predicted octanol–water partition coefficient (Wildman–Crippen LogP) is 2.91. The molecule has 0 radical (unpaired) electrons. The Morgan fingerprint density at radius 2 is 2.13 bits per heavy atom. The number of ether oxygens (including phenoxy) is 1. The summed E-state index contributed by atoms with van der Waals surface area (Å²) < 4.78 is 5.82. The van der Waals surface area contributed by atoms with E-state index in [0.29, 0.717) is 5.92 Å². The third-order valence-corrected chi connectivity index (χ3v) is 4.90. The van der Waals surface area contributed by atoms with Crippen molar-refractivity contribution >= 4 is 5.96 Å². The van der Waals surface area contributed by atoms with Gasteiger partial charge in [0.05, 0.1) is 12.1 Å². The van der Waals surface area contributed by atoms with Gasteiger partial charge >= 0.3 is 0 Å². The van der Waals surface area contributed by atoms with Gasteiger partial charge in [0.2, 0.25) is 0 Å². The van der Waals surface area contributed by atoms with Crippen LogP contribution in [0.5, 0.6) is 0 Å². The third-order valence-electron chi connectivity index (χ3n) is 4.90. The SMILES string of the molecule is CCNC(=NCC1(C)CCCO1)NCC1CC1c1ccccc1. The van der Waals surface area contributed by atoms with E-state index >= 15 is 0 Å². The summed E-state index contributed by atoms with van der Waals surface area (Å²) in [6.45, 7) is 7.75. The lowest BCUT2D eigenvalue weighted by Gasteiger charge is -2.21. The number of hydrogen-bond acceptors (Lipinski definition) is 2. The summed E-state index contributed by atoms with van der Waals surface area (Å²) in [6.07, 6.45) is 3.53. The summed E-state index contributed by atoms with van der Waals surface area (Å²) in [5.74, 6) is 2.35. The average molecular weight is 315 g/mol. The highest BCUT2D eigenvalue weighted by Crippen LogP contribution is 2.46. The molecular weight excluding hydrogens is 286 g/mol. The lowest BCUT2D eigenvalue weighted by atomic mass is 10.0. The summed E-state index contributed by atoms with van der Waals surface area (Å²) >= 11 is 0. The summed E-state index contributed by atoms with van der Waals surface area (Å²) in [4.78, 5) is 4.73. The van der Waals surface area contributed by atoms with E-state index in [2.05, 4.69) is 54.8 Å². The van der Waals surface area contributed by atoms with Crippen LogP contribution < -0.4 is 10.6 Å². The van der Waals surface area contributed by atoms with E-state index in [1.54, 1.807) is 0 Å². The molecule has 4 heteroatoms. The number of benzene rings is 1. The minimum Gasteiger partial charge on any atom is -0.373 e. The van der Waals surface area contributed by atoms with Gasteiger partial charge in [0.15, 0.2) is 5.96 Å². The number of nitrogens with zero attached hydrogens (tertiary/aromatic N) is 1. The second kappa shape index (κ2) is 7.35. The maximum atomic E-state index is 5.82. The van der Waals surface area contributed by atoms with Crippen molar-refractivity contribution in [3.05, 3.63) is 35.9 Å². The molecule has 1 aromatic carbocycles. The highest BCUT2D eigenvalue weighted by molar-refractivity contribution is 5.79. The standard InChI is InChI=1S/C19H29N3O/c1-3-20-18(22-14-19(2)10-7-11-23-19)21-13-16-12-17(16)15-8-5-4-6-9-15/h4-6,8-9,16-17H,3,7,10-14H2,1-2H3,(H2,20,21,22). The van der Waals surface area contributed by atoms with Crippen molar-refractivity contribution in [3.63, 3.8) is 0 Å². The van der Waals surface area contributed by atoms with Crippen molar-refractivity contribution in [2.75, 3.05) is 26.2 Å². The van der Waals surface area contributed by atoms with Crippen molar-refractivity contribution in [2.24, 2.45) is 10.9 Å². The summed E-state index contributed by atoms with van der Waals surface area (Å²) in [6, 6.07) is 10.8. The first-order chi connectivity index (χ1) is 11.2. The molecule has 0 bridgehead atoms. The Morgan fingerprint density at radius 1 is 1.30 bits per heavy atom. The van der Waals surface area contributed by atoms with Gasteiger partial charge in [-0.2, -0.15) is 0 Å². The average Bonchev–Trinajstić information content (AvgIpc) is 3.23. The molecule has 126 valence electrons. The Balaban J connectivity index is 1.48. The lowest BCUT2D eigenvalue weighted by Crippen LogP contribution is -2.40. The summed E-state index contributed by atoms with van der Waals surface area (Å²) in [5, 5.41) is 6.85. The van der Waals surface area contributed by atoms with Crippen molar-refractivity contribution in [1.82, 2.24) is 10.6 Å². The van der Waals surface area contributed by atoms with E-state index in [-0.39, 0.29) is 5.60 Å². The van der Waals surface area contributed by atoms with Crippen LogP contribution in [0.25, 0.3) is 0 Å². The summed E-state index contributed by atoms with van der Waals surface area (Å²) in [7, 11) is 0. The van der Waals surface area contributed by atoms with Crippen molar-refractivity contribution < 1.29 is 4.74 Å².